The summed E-state index contributed by atoms with van der Waals surface area (Å²) in [5.41, 5.74) is 1.69. The molecule has 0 bridgehead atoms. The van der Waals surface area contributed by atoms with Gasteiger partial charge >= 0.3 is 5.97 Å². The molecule has 0 atom stereocenters. The van der Waals surface area contributed by atoms with Gasteiger partial charge in [0.15, 0.2) is 6.61 Å². The van der Waals surface area contributed by atoms with Gasteiger partial charge in [-0.1, -0.05) is 60.7 Å². The Labute approximate surface area is 168 Å². The molecule has 3 aromatic carbocycles. The predicted octanol–water partition coefficient (Wildman–Crippen LogP) is 4.60. The number of likely N-dealkylation sites (N-methyl/N-ethyl adjacent to an activating group) is 1. The van der Waals surface area contributed by atoms with Crippen molar-refractivity contribution in [1.29, 1.82) is 0 Å². The Morgan fingerprint density at radius 3 is 2.41 bits per heavy atom. The molecule has 5 nitrogen and oxygen atoms in total. The molecule has 0 saturated carbocycles. The zero-order valence-electron chi connectivity index (χ0n) is 16.0. The van der Waals surface area contributed by atoms with Crippen molar-refractivity contribution < 1.29 is 14.3 Å². The molecule has 0 spiro atoms. The van der Waals surface area contributed by atoms with Gasteiger partial charge < -0.3 is 9.64 Å². The Hall–Kier alpha value is -3.73. The van der Waals surface area contributed by atoms with Crippen molar-refractivity contribution in [2.24, 2.45) is 0 Å². The topological polar surface area (TPSA) is 59.5 Å². The van der Waals surface area contributed by atoms with Crippen molar-refractivity contribution in [3.8, 4) is 0 Å². The fourth-order valence-corrected chi connectivity index (χ4v) is 3.38. The number of rotatable bonds is 5. The zero-order valence-corrected chi connectivity index (χ0v) is 16.0. The van der Waals surface area contributed by atoms with E-state index in [1.807, 2.05) is 79.7 Å². The molecule has 0 aliphatic rings. The Kier molecular flexibility index (Phi) is 5.20. The van der Waals surface area contributed by atoms with Crippen LogP contribution in [-0.2, 0) is 9.53 Å². The fraction of sp³-hybridized carbons (Fsp3) is 0.125. The van der Waals surface area contributed by atoms with E-state index in [9.17, 15) is 9.59 Å². The van der Waals surface area contributed by atoms with E-state index in [4.69, 9.17) is 4.74 Å². The number of nitrogens with zero attached hydrogens (tertiary/aromatic N) is 2. The molecule has 4 aromatic rings. The highest BCUT2D eigenvalue weighted by Crippen LogP contribution is 2.26. The van der Waals surface area contributed by atoms with Crippen LogP contribution >= 0.6 is 0 Å². The number of amides is 1. The number of carbonyl (C=O) groups is 2. The highest BCUT2D eigenvalue weighted by molar-refractivity contribution is 6.04. The highest BCUT2D eigenvalue weighted by atomic mass is 16.5. The maximum atomic E-state index is 12.8. The number of fused-ring (bicyclic) bond motifs is 2. The van der Waals surface area contributed by atoms with Crippen LogP contribution < -0.4 is 4.90 Å². The molecule has 1 heterocycles. The molecule has 1 amide bonds. The third-order valence-corrected chi connectivity index (χ3v) is 4.81. The second-order valence-corrected chi connectivity index (χ2v) is 6.60. The lowest BCUT2D eigenvalue weighted by molar-refractivity contribution is -0.121. The van der Waals surface area contributed by atoms with E-state index in [1.54, 1.807) is 11.0 Å². The molecule has 0 aliphatic carbocycles. The summed E-state index contributed by atoms with van der Waals surface area (Å²) in [4.78, 5) is 31.1. The van der Waals surface area contributed by atoms with Crippen molar-refractivity contribution in [2.45, 2.75) is 6.92 Å². The van der Waals surface area contributed by atoms with E-state index >= 15 is 0 Å². The quantitative estimate of drug-likeness (QED) is 0.472. The predicted molar refractivity (Wildman–Crippen MR) is 114 cm³/mol. The molecule has 4 rings (SSSR count). The van der Waals surface area contributed by atoms with Crippen LogP contribution in [0.5, 0.6) is 0 Å². The lowest BCUT2D eigenvalue weighted by atomic mass is 10.1. The largest absolute Gasteiger partial charge is 0.451 e. The van der Waals surface area contributed by atoms with Gasteiger partial charge in [0.1, 0.15) is 5.69 Å². The lowest BCUT2D eigenvalue weighted by Crippen LogP contribution is -2.34. The van der Waals surface area contributed by atoms with Gasteiger partial charge in [-0.15, -0.1) is 0 Å². The van der Waals surface area contributed by atoms with Crippen LogP contribution in [-0.4, -0.2) is 30.0 Å². The van der Waals surface area contributed by atoms with Crippen LogP contribution in [0.4, 0.5) is 5.69 Å². The highest BCUT2D eigenvalue weighted by Gasteiger charge is 2.19. The fourth-order valence-electron chi connectivity index (χ4n) is 3.38. The normalized spacial score (nSPS) is 10.8. The van der Waals surface area contributed by atoms with Crippen LogP contribution in [0.15, 0.2) is 78.9 Å². The average Bonchev–Trinajstić information content (AvgIpc) is 2.77. The van der Waals surface area contributed by atoms with Crippen molar-refractivity contribution in [1.82, 2.24) is 4.98 Å². The maximum Gasteiger partial charge on any atom is 0.357 e. The van der Waals surface area contributed by atoms with Crippen LogP contribution in [0.1, 0.15) is 17.4 Å². The van der Waals surface area contributed by atoms with Crippen LogP contribution in [0.2, 0.25) is 0 Å². The number of anilines is 1. The summed E-state index contributed by atoms with van der Waals surface area (Å²) in [5, 5.41) is 2.97. The van der Waals surface area contributed by atoms with Crippen LogP contribution in [0.25, 0.3) is 21.7 Å². The molecule has 0 saturated heterocycles. The Balaban J connectivity index is 1.50. The van der Waals surface area contributed by atoms with E-state index in [1.165, 1.54) is 0 Å². The molecular formula is C24H20N2O3. The summed E-state index contributed by atoms with van der Waals surface area (Å²) in [5.74, 6) is -0.893. The minimum atomic E-state index is -0.613. The first-order valence-electron chi connectivity index (χ1n) is 9.48. The van der Waals surface area contributed by atoms with Crippen molar-refractivity contribution in [3.05, 3.63) is 84.6 Å². The van der Waals surface area contributed by atoms with Crippen molar-refractivity contribution in [3.63, 3.8) is 0 Å². The minimum absolute atomic E-state index is 0.185. The first-order chi connectivity index (χ1) is 14.2. The number of esters is 1. The van der Waals surface area contributed by atoms with Gasteiger partial charge in [-0.05, 0) is 30.5 Å². The summed E-state index contributed by atoms with van der Waals surface area (Å²) in [6, 6.07) is 24.6. The van der Waals surface area contributed by atoms with Crippen LogP contribution in [0, 0.1) is 0 Å². The summed E-state index contributed by atoms with van der Waals surface area (Å²) in [7, 11) is 0. The first-order valence-corrected chi connectivity index (χ1v) is 9.48. The molecule has 0 fully saturated rings. The number of pyridine rings is 1. The van der Waals surface area contributed by atoms with E-state index < -0.39 is 5.97 Å². The first kappa shape index (κ1) is 18.6. The Morgan fingerprint density at radius 2 is 1.59 bits per heavy atom. The summed E-state index contributed by atoms with van der Waals surface area (Å²) < 4.78 is 5.26. The van der Waals surface area contributed by atoms with Gasteiger partial charge in [0.2, 0.25) is 0 Å². The molecule has 29 heavy (non-hydrogen) atoms. The monoisotopic (exact) mass is 384 g/mol. The van der Waals surface area contributed by atoms with E-state index in [0.29, 0.717) is 12.1 Å². The summed E-state index contributed by atoms with van der Waals surface area (Å²) in [6.07, 6.45) is 0. The van der Waals surface area contributed by atoms with Crippen molar-refractivity contribution in [2.75, 3.05) is 18.1 Å². The lowest BCUT2D eigenvalue weighted by Gasteiger charge is -2.22. The van der Waals surface area contributed by atoms with Gasteiger partial charge in [0.25, 0.3) is 5.91 Å². The minimum Gasteiger partial charge on any atom is -0.451 e. The van der Waals surface area contributed by atoms with Gasteiger partial charge in [-0.2, -0.15) is 0 Å². The molecule has 0 radical (unpaired) electrons. The number of ether oxygens (including phenoxy) is 1. The van der Waals surface area contributed by atoms with E-state index in [2.05, 4.69) is 4.98 Å². The second-order valence-electron chi connectivity index (χ2n) is 6.60. The Bertz CT molecular complexity index is 1200. The molecule has 5 heteroatoms. The molecule has 1 aromatic heterocycles. The summed E-state index contributed by atoms with van der Waals surface area (Å²) in [6.45, 7) is 2.02. The number of aromatic nitrogens is 1. The van der Waals surface area contributed by atoms with Crippen LogP contribution in [0.3, 0.4) is 0 Å². The average molecular weight is 384 g/mol. The third-order valence-electron chi connectivity index (χ3n) is 4.81. The molecule has 0 unspecified atom stereocenters. The van der Waals surface area contributed by atoms with Gasteiger partial charge in [-0.3, -0.25) is 4.79 Å². The van der Waals surface area contributed by atoms with Crippen molar-refractivity contribution >= 4 is 39.2 Å². The smallest absolute Gasteiger partial charge is 0.357 e. The zero-order chi connectivity index (χ0) is 20.2. The molecule has 0 N–H and O–H groups in total. The number of hydrogen-bond donors (Lipinski definition) is 0. The maximum absolute atomic E-state index is 12.8. The Morgan fingerprint density at radius 1 is 0.862 bits per heavy atom. The van der Waals surface area contributed by atoms with E-state index in [0.717, 1.165) is 21.8 Å². The second kappa shape index (κ2) is 8.10. The SMILES string of the molecule is CCN(C(=O)COC(=O)c1ccc2ccccc2n1)c1cccc2ccccc12. The number of benzene rings is 3. The number of carbonyl (C=O) groups excluding carboxylic acids is 2. The molecular weight excluding hydrogens is 364 g/mol. The number of hydrogen-bond acceptors (Lipinski definition) is 4. The standard InChI is InChI=1S/C24H20N2O3/c1-2-26(22-13-7-10-17-8-3-5-11-19(17)22)23(27)16-29-24(28)21-15-14-18-9-4-6-12-20(18)25-21/h3-15H,2,16H2,1H3. The molecule has 0 aliphatic heterocycles. The number of para-hydroxylation sites is 1. The van der Waals surface area contributed by atoms with E-state index in [-0.39, 0.29) is 18.2 Å². The molecule has 144 valence electrons. The van der Waals surface area contributed by atoms with Gasteiger partial charge in [-0.25, -0.2) is 9.78 Å². The summed E-state index contributed by atoms with van der Waals surface area (Å²) >= 11 is 0. The third kappa shape index (κ3) is 3.80. The van der Waals surface area contributed by atoms with Gasteiger partial charge in [0, 0.05) is 17.3 Å². The van der Waals surface area contributed by atoms with Gasteiger partial charge in [0.05, 0.1) is 11.2 Å².